The predicted molar refractivity (Wildman–Crippen MR) is 95.6 cm³/mol. The van der Waals surface area contributed by atoms with E-state index in [0.29, 0.717) is 0 Å². The molecule has 0 amide bonds. The molecule has 0 bridgehead atoms. The molecule has 1 saturated heterocycles. The molecule has 0 spiro atoms. The van der Waals surface area contributed by atoms with Gasteiger partial charge in [0.05, 0.1) is 0 Å². The van der Waals surface area contributed by atoms with Crippen LogP contribution in [0.25, 0.3) is 0 Å². The van der Waals surface area contributed by atoms with Crippen molar-refractivity contribution in [1.82, 2.24) is 5.32 Å². The summed E-state index contributed by atoms with van der Waals surface area (Å²) >= 11 is 0. The molecule has 0 saturated carbocycles. The monoisotopic (exact) mass is 294 g/mol. The van der Waals surface area contributed by atoms with E-state index in [1.54, 1.807) is 0 Å². The Balaban J connectivity index is 1.69. The Hall–Kier alpha value is -0.0400. The van der Waals surface area contributed by atoms with Crippen LogP contribution in [0.5, 0.6) is 0 Å². The normalized spacial score (nSPS) is 16.4. The minimum absolute atomic E-state index is 1.04. The molecule has 1 rings (SSSR count). The molecule has 1 heterocycles. The largest absolute Gasteiger partial charge is 0.317 e. The van der Waals surface area contributed by atoms with Crippen molar-refractivity contribution in [3.63, 3.8) is 0 Å². The molecule has 1 heteroatoms. The van der Waals surface area contributed by atoms with Crippen molar-refractivity contribution in [2.75, 3.05) is 13.1 Å². The molecular formula is C20H40N. The van der Waals surface area contributed by atoms with Crippen molar-refractivity contribution >= 4 is 0 Å². The van der Waals surface area contributed by atoms with Crippen LogP contribution in [0.3, 0.4) is 0 Å². The van der Waals surface area contributed by atoms with Gasteiger partial charge < -0.3 is 5.32 Å². The van der Waals surface area contributed by atoms with E-state index in [2.05, 4.69) is 12.2 Å². The molecule has 0 unspecified atom stereocenters. The van der Waals surface area contributed by atoms with Gasteiger partial charge >= 0.3 is 0 Å². The van der Waals surface area contributed by atoms with Gasteiger partial charge in [-0.3, -0.25) is 0 Å². The molecule has 1 aliphatic rings. The lowest BCUT2D eigenvalue weighted by molar-refractivity contribution is 0.342. The molecule has 0 aliphatic carbocycles. The smallest absolute Gasteiger partial charge is 0.00463 e. The van der Waals surface area contributed by atoms with Crippen molar-refractivity contribution in [3.8, 4) is 0 Å². The lowest BCUT2D eigenvalue weighted by atomic mass is 9.92. The average Bonchev–Trinajstić information content (AvgIpc) is 2.53. The van der Waals surface area contributed by atoms with Crippen molar-refractivity contribution in [2.45, 2.75) is 103 Å². The van der Waals surface area contributed by atoms with Gasteiger partial charge in [0, 0.05) is 0 Å². The predicted octanol–water partition coefficient (Wildman–Crippen LogP) is 6.28. The van der Waals surface area contributed by atoms with E-state index in [1.165, 1.54) is 109 Å². The minimum atomic E-state index is 1.04. The Morgan fingerprint density at radius 1 is 0.619 bits per heavy atom. The van der Waals surface area contributed by atoms with Crippen molar-refractivity contribution in [1.29, 1.82) is 0 Å². The van der Waals surface area contributed by atoms with Gasteiger partial charge in [-0.1, -0.05) is 96.8 Å². The highest BCUT2D eigenvalue weighted by molar-refractivity contribution is 4.68. The fourth-order valence-corrected chi connectivity index (χ4v) is 3.55. The lowest BCUT2D eigenvalue weighted by Gasteiger charge is -2.22. The van der Waals surface area contributed by atoms with E-state index >= 15 is 0 Å². The third kappa shape index (κ3) is 12.2. The van der Waals surface area contributed by atoms with E-state index in [1.807, 2.05) is 0 Å². The highest BCUT2D eigenvalue weighted by Gasteiger charge is 2.11. The van der Waals surface area contributed by atoms with Gasteiger partial charge in [-0.05, 0) is 31.8 Å². The summed E-state index contributed by atoms with van der Waals surface area (Å²) in [5.41, 5.74) is 0. The summed E-state index contributed by atoms with van der Waals surface area (Å²) in [5, 5.41) is 3.46. The van der Waals surface area contributed by atoms with Crippen LogP contribution < -0.4 is 5.32 Å². The van der Waals surface area contributed by atoms with Gasteiger partial charge in [-0.15, -0.1) is 0 Å². The standard InChI is InChI=1S/C20H40N/c1-2-3-4-5-6-7-8-9-10-11-12-13-14-15-20-16-18-21-19-17-20/h20-21H,1-19H2. The first-order valence-electron chi connectivity index (χ1n) is 9.93. The van der Waals surface area contributed by atoms with E-state index in [4.69, 9.17) is 0 Å². The Morgan fingerprint density at radius 3 is 1.52 bits per heavy atom. The first kappa shape index (κ1) is 19.0. The fourth-order valence-electron chi connectivity index (χ4n) is 3.55. The highest BCUT2D eigenvalue weighted by atomic mass is 14.9. The van der Waals surface area contributed by atoms with Crippen LogP contribution in [0.4, 0.5) is 0 Å². The maximum Gasteiger partial charge on any atom is -0.00463 e. The van der Waals surface area contributed by atoms with Gasteiger partial charge in [0.15, 0.2) is 0 Å². The second kappa shape index (κ2) is 14.9. The lowest BCUT2D eigenvalue weighted by Crippen LogP contribution is -2.27. The molecule has 1 nitrogen and oxygen atoms in total. The summed E-state index contributed by atoms with van der Waals surface area (Å²) in [6.45, 7) is 6.43. The second-order valence-corrected chi connectivity index (χ2v) is 7.08. The Bertz CT molecular complexity index is 196. The van der Waals surface area contributed by atoms with Crippen LogP contribution in [0.2, 0.25) is 0 Å². The molecule has 1 aliphatic heterocycles. The topological polar surface area (TPSA) is 12.0 Å². The third-order valence-electron chi connectivity index (χ3n) is 5.07. The second-order valence-electron chi connectivity index (χ2n) is 7.08. The number of hydrogen-bond donors (Lipinski definition) is 1. The molecule has 0 aromatic rings. The summed E-state index contributed by atoms with van der Waals surface area (Å²) in [5.74, 6) is 1.04. The molecule has 0 atom stereocenters. The van der Waals surface area contributed by atoms with E-state index in [-0.39, 0.29) is 0 Å². The molecule has 0 aromatic heterocycles. The number of rotatable bonds is 14. The Labute approximate surface area is 134 Å². The summed E-state index contributed by atoms with van der Waals surface area (Å²) in [7, 11) is 0. The molecule has 125 valence electrons. The van der Waals surface area contributed by atoms with Crippen LogP contribution in [0, 0.1) is 12.8 Å². The summed E-state index contributed by atoms with van der Waals surface area (Å²) < 4.78 is 0. The van der Waals surface area contributed by atoms with Crippen LogP contribution >= 0.6 is 0 Å². The maximum absolute atomic E-state index is 3.90. The van der Waals surface area contributed by atoms with Gasteiger partial charge in [-0.25, -0.2) is 0 Å². The molecular weight excluding hydrogens is 254 g/mol. The molecule has 21 heavy (non-hydrogen) atoms. The molecule has 1 fully saturated rings. The average molecular weight is 295 g/mol. The minimum Gasteiger partial charge on any atom is -0.317 e. The zero-order valence-corrected chi connectivity index (χ0v) is 14.5. The molecule has 0 aromatic carbocycles. The van der Waals surface area contributed by atoms with E-state index in [0.717, 1.165) is 12.3 Å². The first-order valence-corrected chi connectivity index (χ1v) is 9.93. The molecule has 1 radical (unpaired) electrons. The highest BCUT2D eigenvalue weighted by Crippen LogP contribution is 2.20. The van der Waals surface area contributed by atoms with E-state index in [9.17, 15) is 0 Å². The zero-order chi connectivity index (χ0) is 15.0. The van der Waals surface area contributed by atoms with Crippen molar-refractivity contribution in [2.24, 2.45) is 5.92 Å². The quantitative estimate of drug-likeness (QED) is 0.372. The maximum atomic E-state index is 3.90. The summed E-state index contributed by atoms with van der Waals surface area (Å²) in [6, 6.07) is 0. The van der Waals surface area contributed by atoms with Crippen molar-refractivity contribution in [3.05, 3.63) is 6.92 Å². The fraction of sp³-hybridized carbons (Fsp3) is 0.950. The summed E-state index contributed by atoms with van der Waals surface area (Å²) in [6.07, 6.45) is 22.9. The van der Waals surface area contributed by atoms with Crippen LogP contribution in [0.15, 0.2) is 0 Å². The number of piperidine rings is 1. The number of nitrogens with one attached hydrogen (secondary N) is 1. The Kier molecular flexibility index (Phi) is 13.5. The van der Waals surface area contributed by atoms with Crippen LogP contribution in [0.1, 0.15) is 103 Å². The summed E-state index contributed by atoms with van der Waals surface area (Å²) in [4.78, 5) is 0. The van der Waals surface area contributed by atoms with E-state index < -0.39 is 0 Å². The number of unbranched alkanes of at least 4 members (excludes halogenated alkanes) is 12. The van der Waals surface area contributed by atoms with Gasteiger partial charge in [0.2, 0.25) is 0 Å². The van der Waals surface area contributed by atoms with Crippen LogP contribution in [-0.4, -0.2) is 13.1 Å². The van der Waals surface area contributed by atoms with Gasteiger partial charge in [-0.2, -0.15) is 0 Å². The third-order valence-corrected chi connectivity index (χ3v) is 5.07. The Morgan fingerprint density at radius 2 is 1.05 bits per heavy atom. The zero-order valence-electron chi connectivity index (χ0n) is 14.5. The SMILES string of the molecule is [CH2]CCCCCCCCCCCCCCC1CCNCC1. The van der Waals surface area contributed by atoms with Crippen molar-refractivity contribution < 1.29 is 0 Å². The van der Waals surface area contributed by atoms with Gasteiger partial charge in [0.1, 0.15) is 0 Å². The van der Waals surface area contributed by atoms with Crippen LogP contribution in [-0.2, 0) is 0 Å². The molecule has 1 N–H and O–H groups in total. The first-order chi connectivity index (χ1) is 10.4. The number of hydrogen-bond acceptors (Lipinski definition) is 1. The van der Waals surface area contributed by atoms with Gasteiger partial charge in [0.25, 0.3) is 0 Å².